The van der Waals surface area contributed by atoms with Gasteiger partial charge in [0.05, 0.1) is 30.9 Å². The number of nitrogens with two attached hydrogens (primary N) is 1. The van der Waals surface area contributed by atoms with E-state index in [2.05, 4.69) is 29.9 Å². The van der Waals surface area contributed by atoms with Crippen molar-refractivity contribution in [3.05, 3.63) is 101 Å². The molecular formula is C43H50FN9O17P2. The molecule has 4 aliphatic rings. The van der Waals surface area contributed by atoms with Gasteiger partial charge in [0, 0.05) is 24.4 Å². The van der Waals surface area contributed by atoms with Crippen molar-refractivity contribution in [2.75, 3.05) is 35.3 Å². The lowest BCUT2D eigenvalue weighted by Gasteiger charge is -2.58. The number of para-hydroxylation sites is 1. The number of fused-ring (bicyclic) bond motifs is 3. The van der Waals surface area contributed by atoms with Gasteiger partial charge in [0.25, 0.3) is 5.91 Å². The van der Waals surface area contributed by atoms with E-state index in [0.717, 1.165) is 6.33 Å². The minimum absolute atomic E-state index is 0.0127. The van der Waals surface area contributed by atoms with Crippen LogP contribution in [0.1, 0.15) is 40.8 Å². The Kier molecular flexibility index (Phi) is 13.9. The second-order valence-corrected chi connectivity index (χ2v) is 20.7. The number of nitrogen functional groups attached to an aromatic ring is 1. The highest BCUT2D eigenvalue weighted by molar-refractivity contribution is 7.61. The molecule has 3 fully saturated rings. The van der Waals surface area contributed by atoms with Crippen LogP contribution in [0.15, 0.2) is 73.3 Å². The lowest BCUT2D eigenvalue weighted by atomic mass is 9.73. The monoisotopic (exact) mass is 1050 g/mol. The fourth-order valence-electron chi connectivity index (χ4n) is 9.70. The van der Waals surface area contributed by atoms with Gasteiger partial charge in [0.15, 0.2) is 34.8 Å². The Morgan fingerprint density at radius 1 is 0.931 bits per heavy atom. The van der Waals surface area contributed by atoms with Gasteiger partial charge in [-0.1, -0.05) is 42.5 Å². The van der Waals surface area contributed by atoms with Crippen LogP contribution in [0, 0.1) is 19.7 Å². The average Bonchev–Trinajstić information content (AvgIpc) is 3.99. The van der Waals surface area contributed by atoms with Crippen LogP contribution in [0.4, 0.5) is 26.4 Å². The van der Waals surface area contributed by atoms with Crippen molar-refractivity contribution in [2.45, 2.75) is 93.6 Å². The largest absolute Gasteiger partial charge is 0.486 e. The number of amides is 3. The molecule has 9 rings (SSSR count). The molecule has 3 saturated heterocycles. The zero-order valence-corrected chi connectivity index (χ0v) is 39.8. The zero-order chi connectivity index (χ0) is 51.6. The number of urea groups is 1. The third kappa shape index (κ3) is 9.30. The van der Waals surface area contributed by atoms with E-state index < -0.39 is 120 Å². The van der Waals surface area contributed by atoms with Gasteiger partial charge in [0.2, 0.25) is 0 Å². The average molecular weight is 1050 g/mol. The number of aryl methyl sites for hydroxylation is 2. The van der Waals surface area contributed by atoms with Crippen LogP contribution in [0.2, 0.25) is 0 Å². The molecule has 72 heavy (non-hydrogen) atoms. The molecule has 0 aliphatic carbocycles. The maximum atomic E-state index is 15.9. The molecule has 3 amide bonds. The van der Waals surface area contributed by atoms with Crippen LogP contribution in [0.5, 0.6) is 5.75 Å². The molecule has 2 unspecified atom stereocenters. The number of nitrogens with one attached hydrogen (secondary N) is 2. The molecule has 29 heteroatoms. The standard InChI is InChI=1S/C43H50FN9O17P2/c1-20-11-26-27(12-21(20)2)53-31(56)13-24(23-9-6-10-25(44)36(23)66-15-22-7-4-3-5-8-22)43(53)40(49-42(61)50-41(43)60)51(26)14-28(54)33(57)29(55)16-67-71(62,63)70-72(64,65)68-17-30-34(58)35(59)39(69-30)52-19-48-32-37(45)46-18-47-38(32)52/h3-12,18-19,24,28-31,33-35,39-40,54-59H,13-17H2,1-2H3,(H,62,63)(H,64,65)(H2,45,46,47)(H2,49,50,60,61)/t24-,28+,29-,30-,31-,33+,34-,35-,39-,40-,43+/m1/s1. The lowest BCUT2D eigenvalue weighted by Crippen LogP contribution is -2.81. The fraction of sp³-hybridized carbons (Fsp3) is 0.419. The number of aliphatic hydroxyl groups excluding tert-OH is 6. The Balaban J connectivity index is 0.909. The minimum Gasteiger partial charge on any atom is -0.486 e. The number of imidazole rings is 1. The normalized spacial score (nSPS) is 27.7. The Morgan fingerprint density at radius 3 is 2.38 bits per heavy atom. The molecule has 1 spiro atoms. The van der Waals surface area contributed by atoms with Crippen LogP contribution < -0.4 is 30.9 Å². The number of phosphoric acid groups is 2. The minimum atomic E-state index is -5.67. The first-order chi connectivity index (χ1) is 34.1. The quantitative estimate of drug-likeness (QED) is 0.0563. The summed E-state index contributed by atoms with van der Waals surface area (Å²) < 4.78 is 68.4. The van der Waals surface area contributed by atoms with Crippen molar-refractivity contribution in [1.29, 1.82) is 0 Å². The van der Waals surface area contributed by atoms with E-state index >= 15 is 4.39 Å². The molecule has 12 N–H and O–H groups in total. The summed E-state index contributed by atoms with van der Waals surface area (Å²) in [6.45, 7) is 0.459. The maximum absolute atomic E-state index is 15.9. The molecule has 0 bridgehead atoms. The lowest BCUT2D eigenvalue weighted by molar-refractivity contribution is -0.128. The Morgan fingerprint density at radius 2 is 1.64 bits per heavy atom. The second-order valence-electron chi connectivity index (χ2n) is 17.7. The molecular weight excluding hydrogens is 995 g/mol. The number of carbonyl (C=O) groups is 2. The summed E-state index contributed by atoms with van der Waals surface area (Å²) in [5.41, 5.74) is 6.81. The highest BCUT2D eigenvalue weighted by Crippen LogP contribution is 2.61. The van der Waals surface area contributed by atoms with Crippen molar-refractivity contribution in [3.8, 4) is 5.75 Å². The van der Waals surface area contributed by atoms with E-state index in [9.17, 15) is 59.1 Å². The van der Waals surface area contributed by atoms with Crippen LogP contribution >= 0.6 is 15.6 Å². The van der Waals surface area contributed by atoms with E-state index in [1.165, 1.54) is 38.9 Å². The number of imide groups is 1. The van der Waals surface area contributed by atoms with Crippen LogP contribution in [-0.4, -0.2) is 146 Å². The fourth-order valence-corrected chi connectivity index (χ4v) is 11.8. The number of anilines is 3. The maximum Gasteiger partial charge on any atom is 0.481 e. The highest BCUT2D eigenvalue weighted by Gasteiger charge is 2.69. The van der Waals surface area contributed by atoms with Gasteiger partial charge in [0.1, 0.15) is 67.5 Å². The first-order valence-corrected chi connectivity index (χ1v) is 25.2. The van der Waals surface area contributed by atoms with E-state index in [1.807, 2.05) is 0 Å². The van der Waals surface area contributed by atoms with E-state index in [0.29, 0.717) is 16.7 Å². The number of ether oxygens (including phenoxy) is 2. The first-order valence-electron chi connectivity index (χ1n) is 22.2. The number of halogens is 1. The second kappa shape index (κ2) is 19.6. The third-order valence-electron chi connectivity index (χ3n) is 13.2. The van der Waals surface area contributed by atoms with Crippen molar-refractivity contribution in [1.82, 2.24) is 30.2 Å². The van der Waals surface area contributed by atoms with Crippen LogP contribution in [-0.2, 0) is 38.6 Å². The van der Waals surface area contributed by atoms with E-state index in [1.54, 1.807) is 56.3 Å². The van der Waals surface area contributed by atoms with Crippen molar-refractivity contribution in [3.63, 3.8) is 0 Å². The summed E-state index contributed by atoms with van der Waals surface area (Å²) in [5, 5.41) is 72.2. The topological polar surface area (TPSA) is 376 Å². The number of hydrogen-bond donors (Lipinski definition) is 11. The molecule has 13 atom stereocenters. The SMILES string of the molecule is Cc1cc2c(cc1C)N1[C@H](O)C[C@H](c3cccc(F)c3OCc3ccccc3)[C@]13C(=O)NC(=O)N[C@@H]3N2C[C@H](O)[C@H](O)[C@H](O)COP(=O)(O)OP(=O)(O)OC[C@H]1O[C@@H](n2cnc3c(N)ncnc32)[C@H](O)[C@@H]1O. The Hall–Kier alpha value is -5.74. The van der Waals surface area contributed by atoms with Gasteiger partial charge in [-0.25, -0.2) is 33.3 Å². The summed E-state index contributed by atoms with van der Waals surface area (Å²) in [5.74, 6) is -3.03. The van der Waals surface area contributed by atoms with Gasteiger partial charge < -0.3 is 70.7 Å². The molecule has 386 valence electrons. The first kappa shape index (κ1) is 51.2. The van der Waals surface area contributed by atoms with Crippen molar-refractivity contribution in [2.24, 2.45) is 0 Å². The summed E-state index contributed by atoms with van der Waals surface area (Å²) >= 11 is 0. The number of benzene rings is 3. The molecule has 3 aromatic carbocycles. The summed E-state index contributed by atoms with van der Waals surface area (Å²) in [6.07, 6.45) is -13.6. The molecule has 4 aliphatic heterocycles. The van der Waals surface area contributed by atoms with Gasteiger partial charge in [-0.15, -0.1) is 0 Å². The van der Waals surface area contributed by atoms with Crippen LogP contribution in [0.3, 0.4) is 0 Å². The third-order valence-corrected chi connectivity index (χ3v) is 15.8. The summed E-state index contributed by atoms with van der Waals surface area (Å²) in [4.78, 5) is 63.4. The highest BCUT2D eigenvalue weighted by atomic mass is 31.3. The number of aromatic nitrogens is 4. The number of nitrogens with zero attached hydrogens (tertiary/aromatic N) is 6. The van der Waals surface area contributed by atoms with Gasteiger partial charge >= 0.3 is 21.7 Å². The number of hydrogen-bond acceptors (Lipinski definition) is 21. The number of phosphoric ester groups is 2. The van der Waals surface area contributed by atoms with Crippen molar-refractivity contribution < 1.29 is 86.4 Å². The van der Waals surface area contributed by atoms with Crippen molar-refractivity contribution >= 4 is 55.9 Å². The number of β-amino-alcohol motifs (C(OH)–C–C–N with tert-alkyl or cyclic N) is 1. The smallest absolute Gasteiger partial charge is 0.481 e. The number of carbonyl (C=O) groups excluding carboxylic acids is 2. The zero-order valence-electron chi connectivity index (χ0n) is 38.0. The number of aliphatic hydroxyl groups is 6. The molecule has 0 saturated carbocycles. The predicted molar refractivity (Wildman–Crippen MR) is 246 cm³/mol. The Bertz CT molecular complexity index is 2980. The molecule has 5 aromatic rings. The van der Waals surface area contributed by atoms with Gasteiger partial charge in [-0.2, -0.15) is 4.31 Å². The number of rotatable bonds is 17. The molecule has 26 nitrogen and oxygen atoms in total. The predicted octanol–water partition coefficient (Wildman–Crippen LogP) is 0.433. The van der Waals surface area contributed by atoms with Gasteiger partial charge in [-0.05, 0) is 48.7 Å². The molecule has 2 aromatic heterocycles. The van der Waals surface area contributed by atoms with E-state index in [4.69, 9.17) is 24.3 Å². The Labute approximate surface area is 407 Å². The summed E-state index contributed by atoms with van der Waals surface area (Å²) in [6, 6.07) is 15.4. The van der Waals surface area contributed by atoms with Gasteiger partial charge in [-0.3, -0.25) is 23.7 Å². The molecule has 6 heterocycles. The summed E-state index contributed by atoms with van der Waals surface area (Å²) in [7, 11) is -11.2. The molecule has 0 radical (unpaired) electrons. The van der Waals surface area contributed by atoms with E-state index in [-0.39, 0.29) is 52.7 Å². The van der Waals surface area contributed by atoms with Crippen LogP contribution in [0.25, 0.3) is 11.2 Å².